The van der Waals surface area contributed by atoms with Crippen LogP contribution in [0.15, 0.2) is 261 Å². The molecule has 0 atom stereocenters. The van der Waals surface area contributed by atoms with Crippen molar-refractivity contribution in [1.82, 2.24) is 19.5 Å². The molecule has 0 aliphatic carbocycles. The van der Waals surface area contributed by atoms with Gasteiger partial charge in [-0.05, 0) is 68.1 Å². The van der Waals surface area contributed by atoms with Gasteiger partial charge in [-0.3, -0.25) is 0 Å². The van der Waals surface area contributed by atoms with Crippen LogP contribution in [0.3, 0.4) is 0 Å². The van der Waals surface area contributed by atoms with Gasteiger partial charge in [-0.2, -0.15) is 0 Å². The molecule has 12 rings (SSSR count). The highest BCUT2D eigenvalue weighted by atomic mass is 28.3. The maximum Gasteiger partial charge on any atom is 0.179 e. The molecule has 4 nitrogen and oxygen atoms in total. The molecular weight excluding hydrogens is 853 g/mol. The maximum absolute atomic E-state index is 5.23. The van der Waals surface area contributed by atoms with E-state index in [2.05, 4.69) is 236 Å². The smallest absolute Gasteiger partial charge is 0.179 e. The molecule has 0 amide bonds. The molecule has 0 aliphatic heterocycles. The third-order valence-corrected chi connectivity index (χ3v) is 18.3. The number of nitrogens with zero attached hydrogens (tertiary/aromatic N) is 4. The summed E-state index contributed by atoms with van der Waals surface area (Å²) >= 11 is 0. The molecular formula is C64H46N4Si. The van der Waals surface area contributed by atoms with E-state index in [0.29, 0.717) is 17.5 Å². The van der Waals surface area contributed by atoms with E-state index in [1.807, 2.05) is 36.4 Å². The van der Waals surface area contributed by atoms with Gasteiger partial charge in [0, 0.05) is 33.0 Å². The van der Waals surface area contributed by atoms with Crippen LogP contribution in [0, 0.1) is 6.92 Å². The minimum absolute atomic E-state index is 0.606. The van der Waals surface area contributed by atoms with E-state index in [1.165, 1.54) is 48.2 Å². The summed E-state index contributed by atoms with van der Waals surface area (Å²) in [5.41, 5.74) is 11.9. The summed E-state index contributed by atoms with van der Waals surface area (Å²) in [5, 5.41) is 7.68. The van der Waals surface area contributed by atoms with E-state index in [1.54, 1.807) is 0 Å². The van der Waals surface area contributed by atoms with Gasteiger partial charge in [0.05, 0.1) is 16.7 Å². The number of rotatable bonds is 10. The minimum atomic E-state index is -2.86. The predicted octanol–water partition coefficient (Wildman–Crippen LogP) is 13.0. The highest BCUT2D eigenvalue weighted by Gasteiger charge is 2.41. The monoisotopic (exact) mass is 898 g/mol. The molecule has 69 heavy (non-hydrogen) atoms. The summed E-state index contributed by atoms with van der Waals surface area (Å²) in [4.78, 5) is 15.5. The van der Waals surface area contributed by atoms with Crippen LogP contribution in [0.5, 0.6) is 0 Å². The maximum atomic E-state index is 5.23. The number of hydrogen-bond donors (Lipinski definition) is 0. The van der Waals surface area contributed by atoms with Crippen molar-refractivity contribution in [3.05, 3.63) is 266 Å². The molecule has 326 valence electrons. The van der Waals surface area contributed by atoms with Gasteiger partial charge in [0.25, 0.3) is 0 Å². The standard InChI is InChI=1S/C64H46N4Si/c1-45-22-17-18-35-55(45)49-38-41-58-57-36-19-20-37-59(57)68(61(58)43-49)60-44-50(64-66-62(46-23-7-2-8-24-46)65-63(67-64)47-25-9-3-10-26-47)39-40-56(60)48-27-21-34-54(42-48)69(51-28-11-4-12-29-51,52-30-13-5-14-31-52)53-32-15-6-16-33-53/h2-44H,1H3. The van der Waals surface area contributed by atoms with Crippen LogP contribution in [0.1, 0.15) is 5.56 Å². The molecule has 0 N–H and O–H groups in total. The molecule has 0 radical (unpaired) electrons. The van der Waals surface area contributed by atoms with Gasteiger partial charge in [-0.15, -0.1) is 0 Å². The van der Waals surface area contributed by atoms with Gasteiger partial charge in [0.2, 0.25) is 0 Å². The fourth-order valence-electron chi connectivity index (χ4n) is 10.3. The van der Waals surface area contributed by atoms with Crippen molar-refractivity contribution in [3.63, 3.8) is 0 Å². The second-order valence-electron chi connectivity index (χ2n) is 17.6. The number of hydrogen-bond acceptors (Lipinski definition) is 3. The lowest BCUT2D eigenvalue weighted by molar-refractivity contribution is 1.07. The second kappa shape index (κ2) is 17.8. The highest BCUT2D eigenvalue weighted by molar-refractivity contribution is 7.19. The number of para-hydroxylation sites is 1. The Kier molecular flexibility index (Phi) is 10.7. The van der Waals surface area contributed by atoms with Crippen molar-refractivity contribution >= 4 is 50.6 Å². The first-order chi connectivity index (χ1) is 34.1. The van der Waals surface area contributed by atoms with E-state index in [0.717, 1.165) is 44.5 Å². The molecule has 2 aromatic heterocycles. The Morgan fingerprint density at radius 3 is 1.35 bits per heavy atom. The van der Waals surface area contributed by atoms with Crippen molar-refractivity contribution in [2.45, 2.75) is 6.92 Å². The van der Waals surface area contributed by atoms with Crippen LogP contribution in [0.2, 0.25) is 0 Å². The van der Waals surface area contributed by atoms with Crippen molar-refractivity contribution in [1.29, 1.82) is 0 Å². The van der Waals surface area contributed by atoms with Crippen molar-refractivity contribution < 1.29 is 0 Å². The summed E-state index contributed by atoms with van der Waals surface area (Å²) < 4.78 is 2.46. The second-order valence-corrected chi connectivity index (χ2v) is 21.4. The van der Waals surface area contributed by atoms with Crippen LogP contribution < -0.4 is 20.7 Å². The first kappa shape index (κ1) is 41.6. The zero-order valence-electron chi connectivity index (χ0n) is 38.1. The molecule has 0 bridgehead atoms. The van der Waals surface area contributed by atoms with Crippen LogP contribution in [-0.4, -0.2) is 27.6 Å². The molecule has 0 saturated carbocycles. The number of benzene rings is 10. The van der Waals surface area contributed by atoms with E-state index in [9.17, 15) is 0 Å². The molecule has 0 aliphatic rings. The lowest BCUT2D eigenvalue weighted by Crippen LogP contribution is -2.74. The molecule has 12 aromatic rings. The average molecular weight is 899 g/mol. The van der Waals surface area contributed by atoms with E-state index < -0.39 is 8.07 Å². The van der Waals surface area contributed by atoms with Gasteiger partial charge >= 0.3 is 0 Å². The summed E-state index contributed by atoms with van der Waals surface area (Å²) in [6.45, 7) is 2.19. The zero-order chi connectivity index (χ0) is 46.2. The lowest BCUT2D eigenvalue weighted by Gasteiger charge is -2.34. The van der Waals surface area contributed by atoms with Crippen molar-refractivity contribution in [2.24, 2.45) is 0 Å². The molecule has 0 saturated heterocycles. The average Bonchev–Trinajstić information content (AvgIpc) is 3.76. The lowest BCUT2D eigenvalue weighted by atomic mass is 9.99. The number of fused-ring (bicyclic) bond motifs is 3. The van der Waals surface area contributed by atoms with Gasteiger partial charge in [-0.25, -0.2) is 15.0 Å². The van der Waals surface area contributed by atoms with Gasteiger partial charge in [0.1, 0.15) is 0 Å². The first-order valence-electron chi connectivity index (χ1n) is 23.5. The first-order valence-corrected chi connectivity index (χ1v) is 25.5. The molecule has 2 heterocycles. The minimum Gasteiger partial charge on any atom is -0.309 e. The van der Waals surface area contributed by atoms with Crippen LogP contribution in [0.4, 0.5) is 0 Å². The Morgan fingerprint density at radius 1 is 0.304 bits per heavy atom. The predicted molar refractivity (Wildman–Crippen MR) is 290 cm³/mol. The fraction of sp³-hybridized carbons (Fsp3) is 0.0156. The third-order valence-electron chi connectivity index (χ3n) is 13.6. The molecule has 0 spiro atoms. The molecule has 10 aromatic carbocycles. The van der Waals surface area contributed by atoms with Crippen LogP contribution in [-0.2, 0) is 0 Å². The van der Waals surface area contributed by atoms with Gasteiger partial charge < -0.3 is 4.57 Å². The largest absolute Gasteiger partial charge is 0.309 e. The molecule has 5 heteroatoms. The summed E-state index contributed by atoms with van der Waals surface area (Å²) in [6.07, 6.45) is 0. The Labute approximate surface area is 403 Å². The third kappa shape index (κ3) is 7.46. The Morgan fingerprint density at radius 2 is 0.754 bits per heavy atom. The highest BCUT2D eigenvalue weighted by Crippen LogP contribution is 2.40. The molecule has 0 unspecified atom stereocenters. The molecule has 0 fully saturated rings. The Balaban J connectivity index is 1.15. The topological polar surface area (TPSA) is 43.6 Å². The summed E-state index contributed by atoms with van der Waals surface area (Å²) in [5.74, 6) is 1.86. The van der Waals surface area contributed by atoms with Gasteiger partial charge in [0.15, 0.2) is 25.5 Å². The number of aromatic nitrogens is 4. The Bertz CT molecular complexity index is 3620. The normalized spacial score (nSPS) is 11.6. The van der Waals surface area contributed by atoms with E-state index in [4.69, 9.17) is 15.0 Å². The quantitative estimate of drug-likeness (QED) is 0.101. The van der Waals surface area contributed by atoms with Gasteiger partial charge in [-0.1, -0.05) is 243 Å². The summed E-state index contributed by atoms with van der Waals surface area (Å²) in [7, 11) is -2.86. The van der Waals surface area contributed by atoms with Crippen LogP contribution in [0.25, 0.3) is 83.9 Å². The number of aryl methyl sites for hydroxylation is 1. The zero-order valence-corrected chi connectivity index (χ0v) is 39.1. The van der Waals surface area contributed by atoms with Crippen LogP contribution >= 0.6 is 0 Å². The fourth-order valence-corrected chi connectivity index (χ4v) is 15.1. The SMILES string of the molecule is Cc1ccccc1-c1ccc2c3ccccc3n(-c3cc(-c4nc(-c5ccccc5)nc(-c5ccccc5)n4)ccc3-c3cccc([Si](c4ccccc4)(c4ccccc4)c4ccccc4)c3)c2c1. The van der Waals surface area contributed by atoms with Crippen molar-refractivity contribution in [2.75, 3.05) is 0 Å². The van der Waals surface area contributed by atoms with E-state index >= 15 is 0 Å². The van der Waals surface area contributed by atoms with Crippen molar-refractivity contribution in [3.8, 4) is 62.1 Å². The summed E-state index contributed by atoms with van der Waals surface area (Å²) in [6, 6.07) is 94.3. The van der Waals surface area contributed by atoms with E-state index in [-0.39, 0.29) is 0 Å². The Hall–Kier alpha value is -8.77.